The lowest BCUT2D eigenvalue weighted by Crippen LogP contribution is -2.16. The molecule has 1 heterocycles. The van der Waals surface area contributed by atoms with E-state index in [1.165, 1.54) is 6.07 Å². The summed E-state index contributed by atoms with van der Waals surface area (Å²) in [6, 6.07) is 9.01. The van der Waals surface area contributed by atoms with Gasteiger partial charge in [0.25, 0.3) is 0 Å². The fourth-order valence-corrected chi connectivity index (χ4v) is 2.77. The lowest BCUT2D eigenvalue weighted by molar-refractivity contribution is -0.140. The number of aliphatic carboxylic acids is 1. The molecule has 3 nitrogen and oxygen atoms in total. The van der Waals surface area contributed by atoms with Crippen molar-refractivity contribution >= 4 is 5.97 Å². The number of hydrogen-bond acceptors (Lipinski definition) is 2. The lowest BCUT2D eigenvalue weighted by atomic mass is 9.87. The van der Waals surface area contributed by atoms with Crippen LogP contribution in [0.15, 0.2) is 54.9 Å². The second-order valence-electron chi connectivity index (χ2n) is 5.15. The number of benzene rings is 1. The van der Waals surface area contributed by atoms with Crippen molar-refractivity contribution in [1.82, 2.24) is 4.98 Å². The molecule has 0 fully saturated rings. The molecule has 1 aliphatic rings. The van der Waals surface area contributed by atoms with Crippen molar-refractivity contribution in [2.75, 3.05) is 0 Å². The van der Waals surface area contributed by atoms with E-state index in [2.05, 4.69) is 4.98 Å². The normalized spacial score (nSPS) is 20.6. The molecule has 2 unspecified atom stereocenters. The zero-order chi connectivity index (χ0) is 14.8. The first kappa shape index (κ1) is 13.5. The summed E-state index contributed by atoms with van der Waals surface area (Å²) in [7, 11) is 0. The molecule has 1 aliphatic carbocycles. The Morgan fingerprint density at radius 2 is 2.10 bits per heavy atom. The minimum atomic E-state index is -0.813. The number of hydrogen-bond donors (Lipinski definition) is 1. The Morgan fingerprint density at radius 1 is 1.24 bits per heavy atom. The van der Waals surface area contributed by atoms with Gasteiger partial charge in [-0.3, -0.25) is 9.78 Å². The average Bonchev–Trinajstić information content (AvgIpc) is 2.97. The van der Waals surface area contributed by atoms with Crippen molar-refractivity contribution in [2.45, 2.75) is 12.3 Å². The predicted octanol–water partition coefficient (Wildman–Crippen LogP) is 3.63. The van der Waals surface area contributed by atoms with Crippen molar-refractivity contribution in [3.8, 4) is 11.1 Å². The minimum absolute atomic E-state index is 0.0658. The van der Waals surface area contributed by atoms with Gasteiger partial charge in [0.2, 0.25) is 0 Å². The molecular formula is C17H14FNO2. The quantitative estimate of drug-likeness (QED) is 0.875. The molecule has 0 spiro atoms. The Labute approximate surface area is 121 Å². The molecule has 0 saturated carbocycles. The van der Waals surface area contributed by atoms with Crippen LogP contribution in [0, 0.1) is 11.7 Å². The maximum absolute atomic E-state index is 13.3. The van der Waals surface area contributed by atoms with Crippen LogP contribution < -0.4 is 0 Å². The van der Waals surface area contributed by atoms with Crippen molar-refractivity contribution in [1.29, 1.82) is 0 Å². The molecule has 2 aromatic rings. The highest BCUT2D eigenvalue weighted by molar-refractivity contribution is 5.75. The number of aromatic nitrogens is 1. The van der Waals surface area contributed by atoms with E-state index < -0.39 is 11.9 Å². The van der Waals surface area contributed by atoms with Crippen LogP contribution in [-0.4, -0.2) is 16.1 Å². The number of carbonyl (C=O) groups is 1. The topological polar surface area (TPSA) is 50.2 Å². The molecule has 0 aliphatic heterocycles. The smallest absolute Gasteiger partial charge is 0.310 e. The lowest BCUT2D eigenvalue weighted by Gasteiger charge is -2.17. The molecule has 106 valence electrons. The molecule has 0 bridgehead atoms. The highest BCUT2D eigenvalue weighted by Crippen LogP contribution is 2.36. The summed E-state index contributed by atoms with van der Waals surface area (Å²) in [5.41, 5.74) is 2.49. The summed E-state index contributed by atoms with van der Waals surface area (Å²) in [5, 5.41) is 9.26. The van der Waals surface area contributed by atoms with Gasteiger partial charge in [0.05, 0.1) is 12.1 Å². The van der Waals surface area contributed by atoms with Gasteiger partial charge >= 0.3 is 5.97 Å². The number of pyridine rings is 1. The Balaban J connectivity index is 1.95. The molecule has 3 rings (SSSR count). The molecule has 1 aromatic heterocycles. The van der Waals surface area contributed by atoms with Gasteiger partial charge in [-0.05, 0) is 23.6 Å². The van der Waals surface area contributed by atoms with Crippen LogP contribution in [0.1, 0.15) is 17.9 Å². The molecule has 0 radical (unpaired) electrons. The molecule has 21 heavy (non-hydrogen) atoms. The van der Waals surface area contributed by atoms with Crippen LogP contribution in [0.2, 0.25) is 0 Å². The number of allylic oxidation sites excluding steroid dienone is 1. The van der Waals surface area contributed by atoms with Gasteiger partial charge in [0.1, 0.15) is 5.82 Å². The Hall–Kier alpha value is -2.49. The van der Waals surface area contributed by atoms with Gasteiger partial charge in [0.15, 0.2) is 0 Å². The van der Waals surface area contributed by atoms with Crippen molar-refractivity contribution in [3.63, 3.8) is 0 Å². The number of carboxylic acids is 1. The number of rotatable bonds is 3. The van der Waals surface area contributed by atoms with Crippen LogP contribution in [0.4, 0.5) is 4.39 Å². The zero-order valence-electron chi connectivity index (χ0n) is 11.2. The van der Waals surface area contributed by atoms with Gasteiger partial charge < -0.3 is 5.11 Å². The molecule has 4 heteroatoms. The molecule has 1 N–H and O–H groups in total. The van der Waals surface area contributed by atoms with Crippen LogP contribution in [0.3, 0.4) is 0 Å². The van der Waals surface area contributed by atoms with Crippen LogP contribution >= 0.6 is 0 Å². The summed E-state index contributed by atoms with van der Waals surface area (Å²) >= 11 is 0. The third-order valence-corrected chi connectivity index (χ3v) is 3.81. The monoisotopic (exact) mass is 283 g/mol. The largest absolute Gasteiger partial charge is 0.481 e. The SMILES string of the molecule is O=C(O)C1C=CCC1c1cccc(-c2cncc(F)c2)c1. The first-order chi connectivity index (χ1) is 10.1. The van der Waals surface area contributed by atoms with Gasteiger partial charge in [-0.1, -0.05) is 36.4 Å². The maximum Gasteiger partial charge on any atom is 0.310 e. The van der Waals surface area contributed by atoms with Crippen molar-refractivity contribution in [2.24, 2.45) is 5.92 Å². The van der Waals surface area contributed by atoms with E-state index in [9.17, 15) is 14.3 Å². The Kier molecular flexibility index (Phi) is 3.52. The zero-order valence-corrected chi connectivity index (χ0v) is 11.2. The summed E-state index contributed by atoms with van der Waals surface area (Å²) in [6.45, 7) is 0. The molecule has 0 saturated heterocycles. The van der Waals surface area contributed by atoms with E-state index in [1.54, 1.807) is 12.3 Å². The van der Waals surface area contributed by atoms with Crippen LogP contribution in [0.25, 0.3) is 11.1 Å². The van der Waals surface area contributed by atoms with E-state index in [1.807, 2.05) is 30.3 Å². The third kappa shape index (κ3) is 2.70. The highest BCUT2D eigenvalue weighted by Gasteiger charge is 2.30. The average molecular weight is 283 g/mol. The summed E-state index contributed by atoms with van der Waals surface area (Å²) < 4.78 is 13.3. The Morgan fingerprint density at radius 3 is 2.86 bits per heavy atom. The van der Waals surface area contributed by atoms with Gasteiger partial charge in [-0.2, -0.15) is 0 Å². The molecule has 2 atom stereocenters. The number of nitrogens with zero attached hydrogens (tertiary/aromatic N) is 1. The first-order valence-electron chi connectivity index (χ1n) is 6.75. The second kappa shape index (κ2) is 5.48. The van der Waals surface area contributed by atoms with Crippen molar-refractivity contribution in [3.05, 3.63) is 66.3 Å². The van der Waals surface area contributed by atoms with Gasteiger partial charge in [-0.25, -0.2) is 4.39 Å². The molecule has 0 amide bonds. The summed E-state index contributed by atoms with van der Waals surface area (Å²) in [6.07, 6.45) is 7.11. The minimum Gasteiger partial charge on any atom is -0.481 e. The first-order valence-corrected chi connectivity index (χ1v) is 6.75. The Bertz CT molecular complexity index is 711. The maximum atomic E-state index is 13.3. The highest BCUT2D eigenvalue weighted by atomic mass is 19.1. The van der Waals surface area contributed by atoms with E-state index in [0.717, 1.165) is 17.3 Å². The third-order valence-electron chi connectivity index (χ3n) is 3.81. The van der Waals surface area contributed by atoms with E-state index >= 15 is 0 Å². The van der Waals surface area contributed by atoms with Crippen LogP contribution in [0.5, 0.6) is 0 Å². The number of halogens is 1. The summed E-state index contributed by atoms with van der Waals surface area (Å²) in [4.78, 5) is 15.1. The predicted molar refractivity (Wildman–Crippen MR) is 77.3 cm³/mol. The second-order valence-corrected chi connectivity index (χ2v) is 5.15. The van der Waals surface area contributed by atoms with E-state index in [4.69, 9.17) is 0 Å². The standard InChI is InChI=1S/C17H14FNO2/c18-14-8-13(9-19-10-14)11-3-1-4-12(7-11)15-5-2-6-16(15)17(20)21/h1-4,6-10,15-16H,5H2,(H,20,21). The fraction of sp³-hybridized carbons (Fsp3) is 0.176. The van der Waals surface area contributed by atoms with Gasteiger partial charge in [0, 0.05) is 17.7 Å². The summed E-state index contributed by atoms with van der Waals surface area (Å²) in [5.74, 6) is -1.76. The van der Waals surface area contributed by atoms with E-state index in [-0.39, 0.29) is 11.7 Å². The molecular weight excluding hydrogens is 269 g/mol. The van der Waals surface area contributed by atoms with Crippen molar-refractivity contribution < 1.29 is 14.3 Å². The van der Waals surface area contributed by atoms with E-state index in [0.29, 0.717) is 12.0 Å². The van der Waals surface area contributed by atoms with Gasteiger partial charge in [-0.15, -0.1) is 0 Å². The number of carboxylic acid groups (broad SMARTS) is 1. The fourth-order valence-electron chi connectivity index (χ4n) is 2.77. The molecule has 1 aromatic carbocycles. The van der Waals surface area contributed by atoms with Crippen LogP contribution in [-0.2, 0) is 4.79 Å².